The minimum absolute atomic E-state index is 0.136. The van der Waals surface area contributed by atoms with E-state index in [4.69, 9.17) is 23.7 Å². The third-order valence-electron chi connectivity index (χ3n) is 5.16. The van der Waals surface area contributed by atoms with Gasteiger partial charge in [-0.05, 0) is 41.0 Å². The van der Waals surface area contributed by atoms with Crippen LogP contribution in [0.4, 0.5) is 0 Å². The molecule has 33 heavy (non-hydrogen) atoms. The van der Waals surface area contributed by atoms with E-state index in [1.807, 2.05) is 78.9 Å². The van der Waals surface area contributed by atoms with Gasteiger partial charge in [0.1, 0.15) is 23.7 Å². The van der Waals surface area contributed by atoms with Crippen molar-refractivity contribution in [1.82, 2.24) is 0 Å². The van der Waals surface area contributed by atoms with E-state index >= 15 is 0 Å². The van der Waals surface area contributed by atoms with Gasteiger partial charge in [0.25, 0.3) is 0 Å². The van der Waals surface area contributed by atoms with Crippen molar-refractivity contribution in [2.75, 3.05) is 27.4 Å². The lowest BCUT2D eigenvalue weighted by Gasteiger charge is -2.23. The van der Waals surface area contributed by atoms with Crippen molar-refractivity contribution < 1.29 is 28.8 Å². The molecule has 1 N–H and O–H groups in total. The second kappa shape index (κ2) is 13.6. The molecule has 0 saturated heterocycles. The van der Waals surface area contributed by atoms with E-state index in [0.29, 0.717) is 19.8 Å². The minimum Gasteiger partial charge on any atom is -0.497 e. The van der Waals surface area contributed by atoms with E-state index in [2.05, 4.69) is 0 Å². The Balaban J connectivity index is 1.51. The SMILES string of the molecule is COc1ccc(COC[C@H](OCc2ccccc2)[C@@H](O)COCc2ccc(OC)cc2)cc1. The van der Waals surface area contributed by atoms with E-state index < -0.39 is 12.2 Å². The van der Waals surface area contributed by atoms with Crippen LogP contribution in [0.2, 0.25) is 0 Å². The predicted octanol–water partition coefficient (Wildman–Crippen LogP) is 4.38. The molecular formula is C27H32O6. The first kappa shape index (κ1) is 24.7. The second-order valence-corrected chi connectivity index (χ2v) is 7.63. The van der Waals surface area contributed by atoms with Crippen LogP contribution in [-0.4, -0.2) is 44.7 Å². The molecule has 0 aliphatic heterocycles. The van der Waals surface area contributed by atoms with E-state index in [1.165, 1.54) is 0 Å². The molecule has 3 aromatic carbocycles. The topological polar surface area (TPSA) is 66.4 Å². The molecule has 6 heteroatoms. The summed E-state index contributed by atoms with van der Waals surface area (Å²) in [7, 11) is 3.27. The predicted molar refractivity (Wildman–Crippen MR) is 126 cm³/mol. The number of ether oxygens (including phenoxy) is 5. The van der Waals surface area contributed by atoms with E-state index in [-0.39, 0.29) is 13.2 Å². The molecule has 2 atom stereocenters. The summed E-state index contributed by atoms with van der Waals surface area (Å²) in [5, 5.41) is 10.7. The van der Waals surface area contributed by atoms with Gasteiger partial charge in [0.2, 0.25) is 0 Å². The molecule has 176 valence electrons. The van der Waals surface area contributed by atoms with E-state index in [9.17, 15) is 5.11 Å². The molecule has 0 saturated carbocycles. The summed E-state index contributed by atoms with van der Waals surface area (Å²) in [6, 6.07) is 25.2. The van der Waals surface area contributed by atoms with Gasteiger partial charge in [0.15, 0.2) is 0 Å². The molecule has 0 fully saturated rings. The van der Waals surface area contributed by atoms with Crippen LogP contribution in [0.25, 0.3) is 0 Å². The minimum atomic E-state index is -0.831. The Bertz CT molecular complexity index is 912. The highest BCUT2D eigenvalue weighted by molar-refractivity contribution is 5.27. The monoisotopic (exact) mass is 452 g/mol. The molecule has 0 radical (unpaired) electrons. The van der Waals surface area contributed by atoms with Gasteiger partial charge in [-0.15, -0.1) is 0 Å². The van der Waals surface area contributed by atoms with Crippen LogP contribution in [0.3, 0.4) is 0 Å². The summed E-state index contributed by atoms with van der Waals surface area (Å²) in [4.78, 5) is 0. The van der Waals surface area contributed by atoms with Crippen LogP contribution in [-0.2, 0) is 34.0 Å². The van der Waals surface area contributed by atoms with Gasteiger partial charge >= 0.3 is 0 Å². The molecule has 0 aromatic heterocycles. The number of methoxy groups -OCH3 is 2. The number of hydrogen-bond acceptors (Lipinski definition) is 6. The van der Waals surface area contributed by atoms with Gasteiger partial charge in [-0.3, -0.25) is 0 Å². The molecule has 0 bridgehead atoms. The molecule has 3 aromatic rings. The summed E-state index contributed by atoms with van der Waals surface area (Å²) in [6.07, 6.45) is -1.36. The van der Waals surface area contributed by atoms with Gasteiger partial charge in [-0.25, -0.2) is 0 Å². The zero-order chi connectivity index (χ0) is 23.3. The summed E-state index contributed by atoms with van der Waals surface area (Å²) in [5.41, 5.74) is 3.05. The first-order valence-electron chi connectivity index (χ1n) is 10.9. The Morgan fingerprint density at radius 3 is 1.61 bits per heavy atom. The number of rotatable bonds is 14. The van der Waals surface area contributed by atoms with Gasteiger partial charge < -0.3 is 28.8 Å². The smallest absolute Gasteiger partial charge is 0.118 e. The van der Waals surface area contributed by atoms with Crippen LogP contribution >= 0.6 is 0 Å². The largest absolute Gasteiger partial charge is 0.497 e. The van der Waals surface area contributed by atoms with Crippen LogP contribution in [0.15, 0.2) is 78.9 Å². The van der Waals surface area contributed by atoms with Crippen molar-refractivity contribution >= 4 is 0 Å². The maximum atomic E-state index is 10.7. The lowest BCUT2D eigenvalue weighted by molar-refractivity contribution is -0.112. The van der Waals surface area contributed by atoms with Crippen molar-refractivity contribution in [3.63, 3.8) is 0 Å². The second-order valence-electron chi connectivity index (χ2n) is 7.63. The van der Waals surface area contributed by atoms with Crippen molar-refractivity contribution in [1.29, 1.82) is 0 Å². The quantitative estimate of drug-likeness (QED) is 0.392. The number of aliphatic hydroxyl groups excluding tert-OH is 1. The molecule has 6 nitrogen and oxygen atoms in total. The fraction of sp³-hybridized carbons (Fsp3) is 0.333. The molecule has 0 spiro atoms. The zero-order valence-electron chi connectivity index (χ0n) is 19.2. The fourth-order valence-corrected chi connectivity index (χ4v) is 3.19. The standard InChI is InChI=1S/C27H32O6/c1-29-24-12-8-22(9-13-24)16-31-19-26(28)27(33-18-21-6-4-3-5-7-21)20-32-17-23-10-14-25(30-2)15-11-23/h3-15,26-28H,16-20H2,1-2H3/t26-,27-/m0/s1. The molecule has 3 rings (SSSR count). The maximum Gasteiger partial charge on any atom is 0.118 e. The maximum absolute atomic E-state index is 10.7. The fourth-order valence-electron chi connectivity index (χ4n) is 3.19. The molecular weight excluding hydrogens is 420 g/mol. The Morgan fingerprint density at radius 2 is 1.09 bits per heavy atom. The lowest BCUT2D eigenvalue weighted by atomic mass is 10.2. The summed E-state index contributed by atoms with van der Waals surface area (Å²) >= 11 is 0. The molecule has 0 unspecified atom stereocenters. The highest BCUT2D eigenvalue weighted by atomic mass is 16.5. The highest BCUT2D eigenvalue weighted by Gasteiger charge is 2.21. The van der Waals surface area contributed by atoms with E-state index in [0.717, 1.165) is 28.2 Å². The van der Waals surface area contributed by atoms with Crippen molar-refractivity contribution in [3.05, 3.63) is 95.6 Å². The first-order chi connectivity index (χ1) is 16.2. The lowest BCUT2D eigenvalue weighted by Crippen LogP contribution is -2.36. The van der Waals surface area contributed by atoms with Gasteiger partial charge in [0, 0.05) is 0 Å². The molecule has 0 aliphatic rings. The van der Waals surface area contributed by atoms with Crippen molar-refractivity contribution in [2.24, 2.45) is 0 Å². The Hall–Kier alpha value is -2.90. The van der Waals surface area contributed by atoms with Crippen LogP contribution in [0.5, 0.6) is 11.5 Å². The number of benzene rings is 3. The van der Waals surface area contributed by atoms with Gasteiger partial charge in [0.05, 0.1) is 47.3 Å². The average Bonchev–Trinajstić information content (AvgIpc) is 2.87. The molecule has 0 heterocycles. The van der Waals surface area contributed by atoms with Gasteiger partial charge in [-0.1, -0.05) is 54.6 Å². The first-order valence-corrected chi connectivity index (χ1v) is 10.9. The summed E-state index contributed by atoms with van der Waals surface area (Å²) < 4.78 is 28.0. The highest BCUT2D eigenvalue weighted by Crippen LogP contribution is 2.15. The Morgan fingerprint density at radius 1 is 0.606 bits per heavy atom. The number of hydrogen-bond donors (Lipinski definition) is 1. The average molecular weight is 453 g/mol. The van der Waals surface area contributed by atoms with Crippen LogP contribution in [0.1, 0.15) is 16.7 Å². The normalized spacial score (nSPS) is 12.8. The zero-order valence-corrected chi connectivity index (χ0v) is 19.2. The summed E-state index contributed by atoms with van der Waals surface area (Å²) in [5.74, 6) is 1.59. The Kier molecular flexibility index (Phi) is 10.2. The van der Waals surface area contributed by atoms with Gasteiger partial charge in [-0.2, -0.15) is 0 Å². The van der Waals surface area contributed by atoms with Crippen molar-refractivity contribution in [3.8, 4) is 11.5 Å². The summed E-state index contributed by atoms with van der Waals surface area (Å²) in [6.45, 7) is 1.56. The number of aliphatic hydroxyl groups is 1. The van der Waals surface area contributed by atoms with E-state index in [1.54, 1.807) is 14.2 Å². The third kappa shape index (κ3) is 8.51. The molecule has 0 amide bonds. The van der Waals surface area contributed by atoms with Crippen LogP contribution < -0.4 is 9.47 Å². The molecule has 0 aliphatic carbocycles. The Labute approximate surface area is 195 Å². The van der Waals surface area contributed by atoms with Crippen LogP contribution in [0, 0.1) is 0 Å². The third-order valence-corrected chi connectivity index (χ3v) is 5.16. The van der Waals surface area contributed by atoms with Crippen molar-refractivity contribution in [2.45, 2.75) is 32.0 Å².